The number of aryl methyl sites for hydroxylation is 2. The van der Waals surface area contributed by atoms with Crippen molar-refractivity contribution in [2.75, 3.05) is 12.4 Å². The van der Waals surface area contributed by atoms with Crippen LogP contribution in [0.25, 0.3) is 0 Å². The van der Waals surface area contributed by atoms with Gasteiger partial charge in [0.25, 0.3) is 0 Å². The summed E-state index contributed by atoms with van der Waals surface area (Å²) in [5.41, 5.74) is 2.27. The minimum absolute atomic E-state index is 0.232. The highest BCUT2D eigenvalue weighted by Crippen LogP contribution is 2.19. The van der Waals surface area contributed by atoms with Crippen molar-refractivity contribution in [2.24, 2.45) is 0 Å². The Labute approximate surface area is 86.7 Å². The molecule has 1 aliphatic rings. The van der Waals surface area contributed by atoms with E-state index < -0.39 is 10.8 Å². The van der Waals surface area contributed by atoms with Crippen LogP contribution in [0.1, 0.15) is 11.1 Å². The Kier molecular flexibility index (Phi) is 2.70. The van der Waals surface area contributed by atoms with Crippen molar-refractivity contribution in [3.05, 3.63) is 29.3 Å². The van der Waals surface area contributed by atoms with E-state index in [1.54, 1.807) is 0 Å². The summed E-state index contributed by atoms with van der Waals surface area (Å²) in [4.78, 5) is 0.959. The molecule has 1 aromatic carbocycles. The zero-order valence-corrected chi connectivity index (χ0v) is 9.26. The lowest BCUT2D eigenvalue weighted by atomic mass is 10.2. The van der Waals surface area contributed by atoms with Crippen molar-refractivity contribution >= 4 is 10.8 Å². The molecule has 1 fully saturated rings. The molecule has 0 spiro atoms. The highest BCUT2D eigenvalue weighted by molar-refractivity contribution is 7.85. The minimum atomic E-state index is -0.898. The summed E-state index contributed by atoms with van der Waals surface area (Å²) in [6.45, 7) is 4.80. The molecule has 0 bridgehead atoms. The van der Waals surface area contributed by atoms with Crippen molar-refractivity contribution in [1.82, 2.24) is 0 Å². The maximum atomic E-state index is 11.9. The predicted octanol–water partition coefficient (Wildman–Crippen LogP) is 1.81. The molecule has 0 radical (unpaired) electrons. The third-order valence-electron chi connectivity index (χ3n) is 2.33. The van der Waals surface area contributed by atoms with Crippen LogP contribution in [-0.4, -0.2) is 22.7 Å². The van der Waals surface area contributed by atoms with Gasteiger partial charge in [-0.3, -0.25) is 4.21 Å². The summed E-state index contributed by atoms with van der Waals surface area (Å²) in [5.74, 6) is 0.643. The highest BCUT2D eigenvalue weighted by Gasteiger charge is 2.26. The number of ether oxygens (including phenoxy) is 1. The summed E-state index contributed by atoms with van der Waals surface area (Å²) < 4.78 is 17.0. The fourth-order valence-corrected chi connectivity index (χ4v) is 2.83. The second-order valence-electron chi connectivity index (χ2n) is 3.74. The van der Waals surface area contributed by atoms with Gasteiger partial charge in [0.2, 0.25) is 0 Å². The SMILES string of the molecule is Cc1ccc(C)c(S(=O)CC2CO2)c1. The normalized spacial score (nSPS) is 22.0. The average molecular weight is 210 g/mol. The Balaban J connectivity index is 2.20. The molecule has 0 aliphatic carbocycles. The second kappa shape index (κ2) is 3.83. The van der Waals surface area contributed by atoms with Crippen LogP contribution < -0.4 is 0 Å². The number of epoxide rings is 1. The van der Waals surface area contributed by atoms with Gasteiger partial charge in [0.1, 0.15) is 0 Å². The number of benzene rings is 1. The van der Waals surface area contributed by atoms with E-state index >= 15 is 0 Å². The van der Waals surface area contributed by atoms with Crippen molar-refractivity contribution in [2.45, 2.75) is 24.8 Å². The van der Waals surface area contributed by atoms with Gasteiger partial charge < -0.3 is 4.74 Å². The third-order valence-corrected chi connectivity index (χ3v) is 3.93. The Bertz CT molecular complexity index is 370. The maximum Gasteiger partial charge on any atom is 0.0928 e. The van der Waals surface area contributed by atoms with Crippen LogP contribution in [-0.2, 0) is 15.5 Å². The lowest BCUT2D eigenvalue weighted by molar-refractivity contribution is 0.424. The molecule has 2 atom stereocenters. The third kappa shape index (κ3) is 2.22. The van der Waals surface area contributed by atoms with Crippen molar-refractivity contribution in [1.29, 1.82) is 0 Å². The molecule has 1 saturated heterocycles. The first-order valence-corrected chi connectivity index (χ1v) is 6.06. The molecule has 14 heavy (non-hydrogen) atoms. The van der Waals surface area contributed by atoms with Crippen LogP contribution in [0.4, 0.5) is 0 Å². The largest absolute Gasteiger partial charge is 0.372 e. The molecule has 2 rings (SSSR count). The molecule has 3 heteroatoms. The van der Waals surface area contributed by atoms with Crippen LogP contribution in [0.2, 0.25) is 0 Å². The van der Waals surface area contributed by atoms with Crippen molar-refractivity contribution in [3.8, 4) is 0 Å². The molecule has 0 N–H and O–H groups in total. The zero-order valence-electron chi connectivity index (χ0n) is 8.45. The summed E-state index contributed by atoms with van der Waals surface area (Å²) in [6, 6.07) is 6.08. The second-order valence-corrected chi connectivity index (χ2v) is 5.20. The summed E-state index contributed by atoms with van der Waals surface area (Å²) in [7, 11) is -0.898. The van der Waals surface area contributed by atoms with E-state index in [-0.39, 0.29) is 6.10 Å². The zero-order chi connectivity index (χ0) is 10.1. The van der Waals surface area contributed by atoms with Crippen molar-refractivity contribution in [3.63, 3.8) is 0 Å². The van der Waals surface area contributed by atoms with Crippen LogP contribution in [0, 0.1) is 13.8 Å². The van der Waals surface area contributed by atoms with Crippen LogP contribution >= 0.6 is 0 Å². The van der Waals surface area contributed by atoms with E-state index in [1.807, 2.05) is 32.0 Å². The fourth-order valence-electron chi connectivity index (χ4n) is 1.38. The van der Waals surface area contributed by atoms with Gasteiger partial charge in [0, 0.05) is 4.90 Å². The standard InChI is InChI=1S/C11H14O2S/c1-8-3-4-9(2)11(5-8)14(12)7-10-6-13-10/h3-5,10H,6-7H2,1-2H3. The van der Waals surface area contributed by atoms with Crippen LogP contribution in [0.3, 0.4) is 0 Å². The number of hydrogen-bond acceptors (Lipinski definition) is 2. The minimum Gasteiger partial charge on any atom is -0.372 e. The maximum absolute atomic E-state index is 11.9. The van der Waals surface area contributed by atoms with Crippen LogP contribution in [0.15, 0.2) is 23.1 Å². The first kappa shape index (κ1) is 9.87. The Morgan fingerprint density at radius 2 is 2.21 bits per heavy atom. The van der Waals surface area contributed by atoms with E-state index in [9.17, 15) is 4.21 Å². The predicted molar refractivity (Wildman–Crippen MR) is 56.9 cm³/mol. The monoisotopic (exact) mass is 210 g/mol. The van der Waals surface area contributed by atoms with Crippen molar-refractivity contribution < 1.29 is 8.95 Å². The molecule has 2 nitrogen and oxygen atoms in total. The van der Waals surface area contributed by atoms with Gasteiger partial charge in [-0.15, -0.1) is 0 Å². The molecule has 0 amide bonds. The number of rotatable bonds is 3. The molecule has 0 saturated carbocycles. The number of hydrogen-bond donors (Lipinski definition) is 0. The molecule has 1 aromatic rings. The van der Waals surface area contributed by atoms with E-state index in [4.69, 9.17) is 4.74 Å². The lowest BCUT2D eigenvalue weighted by Gasteiger charge is -2.05. The highest BCUT2D eigenvalue weighted by atomic mass is 32.2. The molecule has 76 valence electrons. The molecule has 1 heterocycles. The fraction of sp³-hybridized carbons (Fsp3) is 0.455. The Hall–Kier alpha value is -0.670. The van der Waals surface area contributed by atoms with E-state index in [0.29, 0.717) is 5.75 Å². The van der Waals surface area contributed by atoms with Gasteiger partial charge >= 0.3 is 0 Å². The summed E-state index contributed by atoms with van der Waals surface area (Å²) in [6.07, 6.45) is 0.232. The lowest BCUT2D eigenvalue weighted by Crippen LogP contribution is -2.05. The smallest absolute Gasteiger partial charge is 0.0928 e. The topological polar surface area (TPSA) is 29.6 Å². The van der Waals surface area contributed by atoms with E-state index in [1.165, 1.54) is 0 Å². The van der Waals surface area contributed by atoms with E-state index in [0.717, 1.165) is 22.6 Å². The molecule has 1 aliphatic heterocycles. The first-order chi connectivity index (χ1) is 6.66. The van der Waals surface area contributed by atoms with Gasteiger partial charge in [-0.2, -0.15) is 0 Å². The Morgan fingerprint density at radius 3 is 2.86 bits per heavy atom. The molecular formula is C11H14O2S. The molecule has 0 aromatic heterocycles. The summed E-state index contributed by atoms with van der Waals surface area (Å²) >= 11 is 0. The quantitative estimate of drug-likeness (QED) is 0.712. The summed E-state index contributed by atoms with van der Waals surface area (Å²) in [5, 5.41) is 0. The first-order valence-electron chi connectivity index (χ1n) is 4.74. The van der Waals surface area contributed by atoms with E-state index in [2.05, 4.69) is 0 Å². The van der Waals surface area contributed by atoms with Gasteiger partial charge in [0.15, 0.2) is 0 Å². The van der Waals surface area contributed by atoms with Crippen LogP contribution in [0.5, 0.6) is 0 Å². The van der Waals surface area contributed by atoms with Gasteiger partial charge in [0.05, 0.1) is 29.3 Å². The Morgan fingerprint density at radius 1 is 1.50 bits per heavy atom. The van der Waals surface area contributed by atoms with Gasteiger partial charge in [-0.1, -0.05) is 12.1 Å². The van der Waals surface area contributed by atoms with Gasteiger partial charge in [-0.05, 0) is 31.0 Å². The van der Waals surface area contributed by atoms with Gasteiger partial charge in [-0.25, -0.2) is 0 Å². The average Bonchev–Trinajstić information content (AvgIpc) is 2.93. The molecular weight excluding hydrogens is 196 g/mol. The molecule has 2 unspecified atom stereocenters.